The Labute approximate surface area is 107 Å². The van der Waals surface area contributed by atoms with Gasteiger partial charge in [0.05, 0.1) is 0 Å². The Hall–Kier alpha value is -0.970. The Morgan fingerprint density at radius 1 is 1.18 bits per heavy atom. The van der Waals surface area contributed by atoms with Crippen LogP contribution in [0.4, 0.5) is 8.78 Å². The number of alkyl halides is 3. The molecule has 2 nitrogen and oxygen atoms in total. The first-order valence-corrected chi connectivity index (χ1v) is 5.79. The summed E-state index contributed by atoms with van der Waals surface area (Å²) < 4.78 is 30.9. The summed E-state index contributed by atoms with van der Waals surface area (Å²) in [7, 11) is 0. The van der Waals surface area contributed by atoms with Crippen molar-refractivity contribution in [2.45, 2.75) is 31.2 Å². The van der Waals surface area contributed by atoms with Crippen LogP contribution in [0.3, 0.4) is 0 Å². The average molecular weight is 307 g/mol. The monoisotopic (exact) mass is 306 g/mol. The summed E-state index contributed by atoms with van der Waals surface area (Å²) in [5.74, 6) is -0.730. The van der Waals surface area contributed by atoms with Crippen LogP contribution < -0.4 is 4.74 Å². The third-order valence-electron chi connectivity index (χ3n) is 1.80. The van der Waals surface area contributed by atoms with Gasteiger partial charge in [-0.3, -0.25) is 4.79 Å². The quantitative estimate of drug-likeness (QED) is 0.622. The van der Waals surface area contributed by atoms with E-state index in [9.17, 15) is 13.6 Å². The molecule has 0 unspecified atom stereocenters. The van der Waals surface area contributed by atoms with E-state index in [2.05, 4.69) is 0 Å². The highest BCUT2D eigenvalue weighted by atomic mass is 79.9. The minimum absolute atomic E-state index is 0.0619. The lowest BCUT2D eigenvalue weighted by molar-refractivity contribution is 0.0592. The fourth-order valence-corrected chi connectivity index (χ4v) is 1.42. The standard InChI is InChI=1S/C12H13BrF2O2/c1-11(2,3)17-9-6-4-8(5-7-9)10(16)12(13,14)15/h4-7H,1-3H3. The predicted octanol–water partition coefficient (Wildman–Crippen LogP) is 4.03. The summed E-state index contributed by atoms with van der Waals surface area (Å²) in [5, 5.41) is 0. The number of ketones is 1. The maximum Gasteiger partial charge on any atom is 0.363 e. The van der Waals surface area contributed by atoms with Gasteiger partial charge in [0, 0.05) is 5.56 Å². The van der Waals surface area contributed by atoms with Crippen LogP contribution in [0.2, 0.25) is 0 Å². The van der Waals surface area contributed by atoms with Crippen LogP contribution in [-0.4, -0.2) is 16.2 Å². The van der Waals surface area contributed by atoms with E-state index in [1.165, 1.54) is 24.3 Å². The summed E-state index contributed by atoms with van der Waals surface area (Å²) in [4.78, 5) is 7.70. The molecule has 0 saturated carbocycles. The molecule has 0 aliphatic heterocycles. The summed E-state index contributed by atoms with van der Waals surface area (Å²) in [5.41, 5.74) is -0.432. The number of hydrogen-bond acceptors (Lipinski definition) is 2. The van der Waals surface area contributed by atoms with Crippen molar-refractivity contribution in [2.24, 2.45) is 0 Å². The first-order chi connectivity index (χ1) is 7.59. The van der Waals surface area contributed by atoms with Crippen LogP contribution in [0.5, 0.6) is 5.75 Å². The molecule has 0 saturated heterocycles. The zero-order valence-electron chi connectivity index (χ0n) is 9.76. The van der Waals surface area contributed by atoms with Crippen molar-refractivity contribution >= 4 is 21.7 Å². The van der Waals surface area contributed by atoms with E-state index >= 15 is 0 Å². The zero-order valence-corrected chi connectivity index (χ0v) is 11.3. The number of carbonyl (C=O) groups excluding carboxylic acids is 1. The molecule has 0 radical (unpaired) electrons. The van der Waals surface area contributed by atoms with E-state index in [0.717, 1.165) is 0 Å². The highest BCUT2D eigenvalue weighted by molar-refractivity contribution is 9.10. The Morgan fingerprint density at radius 3 is 2.00 bits per heavy atom. The second-order valence-corrected chi connectivity index (χ2v) is 5.56. The second kappa shape index (κ2) is 4.72. The normalized spacial score (nSPS) is 12.4. The number of carbonyl (C=O) groups is 1. The van der Waals surface area contributed by atoms with Crippen LogP contribution in [0.15, 0.2) is 24.3 Å². The van der Waals surface area contributed by atoms with Crippen molar-refractivity contribution in [1.29, 1.82) is 0 Å². The van der Waals surface area contributed by atoms with Gasteiger partial charge in [-0.15, -0.1) is 0 Å². The topological polar surface area (TPSA) is 26.3 Å². The van der Waals surface area contributed by atoms with Crippen LogP contribution in [0, 0.1) is 0 Å². The summed E-state index contributed by atoms with van der Waals surface area (Å²) in [6, 6.07) is 5.63. The smallest absolute Gasteiger partial charge is 0.363 e. The molecule has 1 aromatic carbocycles. The van der Waals surface area contributed by atoms with Gasteiger partial charge in [-0.1, -0.05) is 0 Å². The molecule has 0 aliphatic rings. The van der Waals surface area contributed by atoms with Crippen molar-refractivity contribution in [3.8, 4) is 5.75 Å². The Bertz CT molecular complexity index is 402. The lowest BCUT2D eigenvalue weighted by atomic mass is 10.1. The lowest BCUT2D eigenvalue weighted by Crippen LogP contribution is -2.23. The van der Waals surface area contributed by atoms with E-state index in [1.807, 2.05) is 36.7 Å². The van der Waals surface area contributed by atoms with E-state index in [0.29, 0.717) is 5.75 Å². The van der Waals surface area contributed by atoms with Gasteiger partial charge in [-0.05, 0) is 61.0 Å². The van der Waals surface area contributed by atoms with Crippen molar-refractivity contribution in [3.63, 3.8) is 0 Å². The molecule has 5 heteroatoms. The van der Waals surface area contributed by atoms with E-state index in [-0.39, 0.29) is 11.2 Å². The summed E-state index contributed by atoms with van der Waals surface area (Å²) in [6.45, 7) is 5.62. The number of ether oxygens (including phenoxy) is 1. The van der Waals surface area contributed by atoms with Gasteiger partial charge in [-0.25, -0.2) is 0 Å². The Kier molecular flexibility index (Phi) is 3.91. The third kappa shape index (κ3) is 4.42. The molecule has 94 valence electrons. The Balaban J connectivity index is 2.86. The molecule has 1 rings (SSSR count). The van der Waals surface area contributed by atoms with Crippen LogP contribution in [0.25, 0.3) is 0 Å². The number of halogens is 3. The highest BCUT2D eigenvalue weighted by Gasteiger charge is 2.35. The number of hydrogen-bond donors (Lipinski definition) is 0. The molecular weight excluding hydrogens is 294 g/mol. The number of rotatable bonds is 3. The van der Waals surface area contributed by atoms with Crippen LogP contribution in [0.1, 0.15) is 31.1 Å². The van der Waals surface area contributed by atoms with Gasteiger partial charge >= 0.3 is 4.83 Å². The van der Waals surface area contributed by atoms with Crippen molar-refractivity contribution in [1.82, 2.24) is 0 Å². The molecule has 0 aromatic heterocycles. The molecule has 17 heavy (non-hydrogen) atoms. The molecule has 0 spiro atoms. The lowest BCUT2D eigenvalue weighted by Gasteiger charge is -2.21. The largest absolute Gasteiger partial charge is 0.488 e. The maximum atomic E-state index is 12.7. The van der Waals surface area contributed by atoms with Crippen molar-refractivity contribution in [3.05, 3.63) is 29.8 Å². The molecule has 0 heterocycles. The number of Topliss-reactive ketones (excluding diaryl/α,β-unsaturated/α-hetero) is 1. The maximum absolute atomic E-state index is 12.7. The molecule has 0 aliphatic carbocycles. The van der Waals surface area contributed by atoms with E-state index < -0.39 is 10.6 Å². The molecule has 1 aromatic rings. The first-order valence-electron chi connectivity index (χ1n) is 5.00. The minimum atomic E-state index is -3.53. The minimum Gasteiger partial charge on any atom is -0.488 e. The van der Waals surface area contributed by atoms with Gasteiger partial charge in [-0.2, -0.15) is 8.78 Å². The zero-order chi connectivity index (χ0) is 13.3. The van der Waals surface area contributed by atoms with Crippen molar-refractivity contribution < 1.29 is 18.3 Å². The van der Waals surface area contributed by atoms with Gasteiger partial charge in [0.25, 0.3) is 0 Å². The average Bonchev–Trinajstić information content (AvgIpc) is 2.14. The molecular formula is C12H13BrF2O2. The summed E-state index contributed by atoms with van der Waals surface area (Å²) >= 11 is 2.03. The first kappa shape index (κ1) is 14.1. The second-order valence-electron chi connectivity index (χ2n) is 4.57. The van der Waals surface area contributed by atoms with Crippen LogP contribution in [-0.2, 0) is 0 Å². The molecule has 0 bridgehead atoms. The SMILES string of the molecule is CC(C)(C)Oc1ccc(C(=O)C(F)(F)Br)cc1. The molecule has 0 fully saturated rings. The number of benzene rings is 1. The molecule has 0 N–H and O–H groups in total. The van der Waals surface area contributed by atoms with E-state index in [4.69, 9.17) is 4.74 Å². The van der Waals surface area contributed by atoms with Gasteiger partial charge < -0.3 is 4.74 Å². The van der Waals surface area contributed by atoms with Gasteiger partial charge in [0.1, 0.15) is 11.4 Å². The van der Waals surface area contributed by atoms with E-state index in [1.54, 1.807) is 0 Å². The van der Waals surface area contributed by atoms with Gasteiger partial charge in [0.15, 0.2) is 0 Å². The third-order valence-corrected chi connectivity index (χ3v) is 2.16. The summed E-state index contributed by atoms with van der Waals surface area (Å²) in [6.07, 6.45) is 0. The Morgan fingerprint density at radius 2 is 1.65 bits per heavy atom. The van der Waals surface area contributed by atoms with Crippen molar-refractivity contribution in [2.75, 3.05) is 0 Å². The predicted molar refractivity (Wildman–Crippen MR) is 65.0 cm³/mol. The fourth-order valence-electron chi connectivity index (χ4n) is 1.19. The molecule has 0 atom stereocenters. The highest BCUT2D eigenvalue weighted by Crippen LogP contribution is 2.28. The van der Waals surface area contributed by atoms with Crippen LogP contribution >= 0.6 is 15.9 Å². The fraction of sp³-hybridized carbons (Fsp3) is 0.417. The van der Waals surface area contributed by atoms with Gasteiger partial charge in [0.2, 0.25) is 5.78 Å². The molecule has 0 amide bonds.